The first-order chi connectivity index (χ1) is 12.0. The van der Waals surface area contributed by atoms with Crippen LogP contribution >= 0.6 is 0 Å². The second-order valence-corrected chi connectivity index (χ2v) is 6.08. The highest BCUT2D eigenvalue weighted by Gasteiger charge is 2.44. The summed E-state index contributed by atoms with van der Waals surface area (Å²) in [6, 6.07) is 13.0. The molecule has 2 aromatic heterocycles. The maximum Gasteiger partial charge on any atom is 0.343 e. The summed E-state index contributed by atoms with van der Waals surface area (Å²) in [5.74, 6) is -0.731. The molecule has 0 bridgehead atoms. The van der Waals surface area contributed by atoms with Gasteiger partial charge < -0.3 is 14.8 Å². The fourth-order valence-electron chi connectivity index (χ4n) is 3.16. The summed E-state index contributed by atoms with van der Waals surface area (Å²) in [7, 11) is 0. The van der Waals surface area contributed by atoms with Gasteiger partial charge in [0.25, 0.3) is 5.56 Å². The number of para-hydroxylation sites is 1. The Morgan fingerprint density at radius 1 is 1.24 bits per heavy atom. The molecule has 1 aliphatic rings. The van der Waals surface area contributed by atoms with Crippen molar-refractivity contribution in [3.8, 4) is 11.4 Å². The Morgan fingerprint density at radius 2 is 2.04 bits per heavy atom. The normalized spacial score (nSPS) is 19.5. The van der Waals surface area contributed by atoms with Crippen LogP contribution in [0, 0.1) is 0 Å². The van der Waals surface area contributed by atoms with Gasteiger partial charge in [-0.15, -0.1) is 0 Å². The summed E-state index contributed by atoms with van der Waals surface area (Å²) in [6.07, 6.45) is 0.118. The van der Waals surface area contributed by atoms with Gasteiger partial charge >= 0.3 is 5.97 Å². The molecule has 1 atom stereocenters. The lowest BCUT2D eigenvalue weighted by molar-refractivity contribution is -0.172. The van der Waals surface area contributed by atoms with Gasteiger partial charge in [0.15, 0.2) is 5.60 Å². The van der Waals surface area contributed by atoms with Gasteiger partial charge in [0.2, 0.25) is 0 Å². The average molecular weight is 336 g/mol. The molecule has 0 spiro atoms. The van der Waals surface area contributed by atoms with Gasteiger partial charge in [-0.25, -0.2) is 9.78 Å². The van der Waals surface area contributed by atoms with Crippen molar-refractivity contribution in [1.82, 2.24) is 9.97 Å². The van der Waals surface area contributed by atoms with E-state index in [1.54, 1.807) is 19.1 Å². The van der Waals surface area contributed by atoms with Crippen molar-refractivity contribution in [1.29, 1.82) is 0 Å². The number of ether oxygens (including phenoxy) is 1. The summed E-state index contributed by atoms with van der Waals surface area (Å²) in [4.78, 5) is 31.8. The molecular formula is C19H16N2O4. The van der Waals surface area contributed by atoms with Crippen molar-refractivity contribution >= 4 is 16.9 Å². The molecule has 3 aromatic rings. The van der Waals surface area contributed by atoms with Crippen molar-refractivity contribution in [2.75, 3.05) is 0 Å². The van der Waals surface area contributed by atoms with Crippen molar-refractivity contribution in [3.63, 3.8) is 0 Å². The van der Waals surface area contributed by atoms with Crippen molar-refractivity contribution < 1.29 is 14.6 Å². The van der Waals surface area contributed by atoms with Crippen LogP contribution < -0.4 is 5.56 Å². The first-order valence-electron chi connectivity index (χ1n) is 8.05. The van der Waals surface area contributed by atoms with E-state index in [4.69, 9.17) is 4.74 Å². The fourth-order valence-corrected chi connectivity index (χ4v) is 3.16. The van der Waals surface area contributed by atoms with Crippen LogP contribution in [0.4, 0.5) is 0 Å². The molecule has 0 saturated heterocycles. The Balaban J connectivity index is 1.93. The number of esters is 1. The minimum atomic E-state index is -1.81. The number of nitrogens with one attached hydrogen (secondary N) is 1. The van der Waals surface area contributed by atoms with Gasteiger partial charge in [-0.2, -0.15) is 0 Å². The maximum absolute atomic E-state index is 12.4. The maximum atomic E-state index is 12.4. The fraction of sp³-hybridized carbons (Fsp3) is 0.211. The number of rotatable bonds is 2. The topological polar surface area (TPSA) is 92.3 Å². The third-order valence-corrected chi connectivity index (χ3v) is 4.65. The molecule has 1 unspecified atom stereocenters. The Labute approximate surface area is 143 Å². The van der Waals surface area contributed by atoms with Crippen LogP contribution in [0.3, 0.4) is 0 Å². The average Bonchev–Trinajstić information content (AvgIpc) is 2.64. The van der Waals surface area contributed by atoms with Gasteiger partial charge in [0.05, 0.1) is 22.5 Å². The summed E-state index contributed by atoms with van der Waals surface area (Å²) in [6.45, 7) is 1.53. The van der Waals surface area contributed by atoms with E-state index in [1.807, 2.05) is 30.3 Å². The molecule has 4 rings (SSSR count). The lowest BCUT2D eigenvalue weighted by Gasteiger charge is -2.31. The molecule has 25 heavy (non-hydrogen) atoms. The predicted molar refractivity (Wildman–Crippen MR) is 91.8 cm³/mol. The smallest absolute Gasteiger partial charge is 0.343 e. The summed E-state index contributed by atoms with van der Waals surface area (Å²) >= 11 is 0. The Kier molecular flexibility index (Phi) is 3.43. The van der Waals surface area contributed by atoms with E-state index in [0.29, 0.717) is 17.0 Å². The number of fused-ring (bicyclic) bond motifs is 2. The number of nitrogens with zero attached hydrogens (tertiary/aromatic N) is 1. The van der Waals surface area contributed by atoms with Gasteiger partial charge in [0, 0.05) is 10.9 Å². The zero-order chi connectivity index (χ0) is 17.6. The lowest BCUT2D eigenvalue weighted by atomic mass is 9.86. The van der Waals surface area contributed by atoms with Crippen LogP contribution in [0.25, 0.3) is 22.3 Å². The number of aliphatic hydroxyl groups is 1. The summed E-state index contributed by atoms with van der Waals surface area (Å²) < 4.78 is 4.97. The van der Waals surface area contributed by atoms with Gasteiger partial charge in [-0.3, -0.25) is 4.79 Å². The third kappa shape index (κ3) is 2.34. The highest BCUT2D eigenvalue weighted by Crippen LogP contribution is 2.34. The van der Waals surface area contributed by atoms with Crippen LogP contribution in [-0.4, -0.2) is 21.0 Å². The molecule has 6 nitrogen and oxygen atoms in total. The SMILES string of the molecule is CCC1(O)C(=O)OCc2c1cc(-c1ccc3ccccc3n1)[nH]c2=O. The molecule has 0 radical (unpaired) electrons. The molecule has 2 N–H and O–H groups in total. The molecule has 0 fully saturated rings. The van der Waals surface area contributed by atoms with Crippen LogP contribution in [-0.2, 0) is 21.7 Å². The summed E-state index contributed by atoms with van der Waals surface area (Å²) in [5, 5.41) is 11.7. The second-order valence-electron chi connectivity index (χ2n) is 6.08. The highest BCUT2D eigenvalue weighted by molar-refractivity contribution is 5.84. The number of aromatic amines is 1. The minimum Gasteiger partial charge on any atom is -0.458 e. The van der Waals surface area contributed by atoms with E-state index in [2.05, 4.69) is 9.97 Å². The third-order valence-electron chi connectivity index (χ3n) is 4.65. The lowest BCUT2D eigenvalue weighted by Crippen LogP contribution is -2.43. The van der Waals surface area contributed by atoms with Crippen LogP contribution in [0.5, 0.6) is 0 Å². The molecule has 1 aromatic carbocycles. The minimum absolute atomic E-state index is 0.118. The number of benzene rings is 1. The molecule has 3 heterocycles. The van der Waals surface area contributed by atoms with Gasteiger partial charge in [-0.1, -0.05) is 31.2 Å². The highest BCUT2D eigenvalue weighted by atomic mass is 16.6. The zero-order valence-corrected chi connectivity index (χ0v) is 13.6. The largest absolute Gasteiger partial charge is 0.458 e. The number of hydrogen-bond acceptors (Lipinski definition) is 5. The standard InChI is InChI=1S/C19H16N2O4/c1-2-19(24)13-9-16(21-17(22)12(13)10-25-18(19)23)15-8-7-11-5-3-4-6-14(11)20-15/h3-9,24H,2,10H2,1H3,(H,21,22). The predicted octanol–water partition coefficient (Wildman–Crippen LogP) is 2.24. The van der Waals surface area contributed by atoms with E-state index in [0.717, 1.165) is 10.9 Å². The van der Waals surface area contributed by atoms with E-state index < -0.39 is 11.6 Å². The summed E-state index contributed by atoms with van der Waals surface area (Å²) in [5.41, 5.74) is 0.180. The van der Waals surface area contributed by atoms with E-state index in [1.165, 1.54) is 0 Å². The quantitative estimate of drug-likeness (QED) is 0.700. The van der Waals surface area contributed by atoms with Gasteiger partial charge in [-0.05, 0) is 24.6 Å². The Morgan fingerprint density at radius 3 is 2.84 bits per heavy atom. The van der Waals surface area contributed by atoms with Crippen LogP contribution in [0.2, 0.25) is 0 Å². The number of aromatic nitrogens is 2. The molecule has 126 valence electrons. The van der Waals surface area contributed by atoms with Crippen molar-refractivity contribution in [2.24, 2.45) is 0 Å². The van der Waals surface area contributed by atoms with E-state index in [9.17, 15) is 14.7 Å². The Bertz CT molecular complexity index is 1060. The number of pyridine rings is 2. The first-order valence-corrected chi connectivity index (χ1v) is 8.05. The molecular weight excluding hydrogens is 320 g/mol. The van der Waals surface area contributed by atoms with E-state index >= 15 is 0 Å². The number of carbonyl (C=O) groups is 1. The Hall–Kier alpha value is -2.99. The number of cyclic esters (lactones) is 1. The number of carbonyl (C=O) groups excluding carboxylic acids is 1. The molecule has 1 aliphatic heterocycles. The van der Waals surface area contributed by atoms with Crippen LogP contribution in [0.1, 0.15) is 24.5 Å². The van der Waals surface area contributed by atoms with Crippen molar-refractivity contribution in [3.05, 3.63) is 63.9 Å². The zero-order valence-electron chi connectivity index (χ0n) is 13.6. The molecule has 0 saturated carbocycles. The van der Waals surface area contributed by atoms with E-state index in [-0.39, 0.29) is 24.2 Å². The number of hydrogen-bond donors (Lipinski definition) is 2. The van der Waals surface area contributed by atoms with Gasteiger partial charge in [0.1, 0.15) is 6.61 Å². The molecule has 0 amide bonds. The van der Waals surface area contributed by atoms with Crippen LogP contribution in [0.15, 0.2) is 47.3 Å². The molecule has 6 heteroatoms. The monoisotopic (exact) mass is 336 g/mol. The van der Waals surface area contributed by atoms with Crippen molar-refractivity contribution in [2.45, 2.75) is 25.6 Å². The first kappa shape index (κ1) is 15.5. The molecule has 0 aliphatic carbocycles. The number of H-pyrrole nitrogens is 1. The second kappa shape index (κ2) is 5.53.